The van der Waals surface area contributed by atoms with E-state index in [1.54, 1.807) is 24.3 Å². The minimum absolute atomic E-state index is 0.000679. The van der Waals surface area contributed by atoms with Gasteiger partial charge in [0.15, 0.2) is 23.9 Å². The Balaban J connectivity index is 1.04. The first kappa shape index (κ1) is 53.6. The molecule has 0 aliphatic heterocycles. The number of allylic oxidation sites excluding steroid dienone is 4. The molecular formula is C53H78N2O12P+. The van der Waals surface area contributed by atoms with Crippen LogP contribution in [-0.2, 0) is 41.3 Å². The molecule has 0 amide bonds. The maximum Gasteiger partial charge on any atom is 0.508 e. The number of Topliss-reactive ketones (excluding diaryl/α,β-unsaturated/α-hetero) is 1. The number of hydrogen-bond donors (Lipinski definition) is 4. The molecule has 2 aromatic carbocycles. The third-order valence-electron chi connectivity index (χ3n) is 16.4. The Morgan fingerprint density at radius 3 is 2.41 bits per heavy atom. The van der Waals surface area contributed by atoms with Gasteiger partial charge < -0.3 is 44.0 Å². The maximum absolute atomic E-state index is 13.8. The number of aryl methyl sites for hydroxylation is 1. The van der Waals surface area contributed by atoms with Gasteiger partial charge in [-0.1, -0.05) is 74.7 Å². The lowest BCUT2D eigenvalue weighted by Crippen LogP contribution is -2.56. The van der Waals surface area contributed by atoms with Crippen LogP contribution in [0.5, 0.6) is 5.75 Å². The first-order chi connectivity index (χ1) is 32.6. The second kappa shape index (κ2) is 24.9. The monoisotopic (exact) mass is 966 g/mol. The third-order valence-corrected chi connectivity index (χ3v) is 16.6. The molecule has 14 nitrogen and oxygen atoms in total. The number of aliphatic hydroxyl groups is 3. The summed E-state index contributed by atoms with van der Waals surface area (Å²) >= 11 is 0. The third kappa shape index (κ3) is 13.4. The van der Waals surface area contributed by atoms with E-state index in [-0.39, 0.29) is 59.6 Å². The molecule has 3 saturated carbocycles. The van der Waals surface area contributed by atoms with E-state index in [0.29, 0.717) is 61.2 Å². The van der Waals surface area contributed by atoms with Crippen LogP contribution in [0.15, 0.2) is 72.3 Å². The van der Waals surface area contributed by atoms with Crippen LogP contribution in [0.1, 0.15) is 121 Å². The summed E-state index contributed by atoms with van der Waals surface area (Å²) < 4.78 is 27.8. The second-order valence-electron chi connectivity index (χ2n) is 20.3. The van der Waals surface area contributed by atoms with E-state index in [2.05, 4.69) is 43.0 Å². The van der Waals surface area contributed by atoms with Gasteiger partial charge in [-0.2, -0.15) is 0 Å². The van der Waals surface area contributed by atoms with Crippen LogP contribution in [-0.4, -0.2) is 113 Å². The standard InChI is InChI=1S/C53H77N2O12P/c1-5-55(6-2,29-31-64-51(61)65-37-48(60)45-23-22-44-43-21-20-41-33-42(57)25-26-52(41,3)50(43)46(58)34-53(44,45)4)36-40-32-39(19-24-49(40)66-67-68(62)63)47(59)35-54(27-13-7-8-15-30-56)28-14-12-18-38-16-10-9-11-17-38/h9-11,16-17,19,24-26,32-33,43-47,50,56,58-59,68H,5-8,12-15,18,20-23,27-31,34-37H2,1-4H3/p+1/t43-,44?,45?,46-,47?,50?,52-,53-/m0/s1. The van der Waals surface area contributed by atoms with Gasteiger partial charge in [-0.25, -0.2) is 4.79 Å². The van der Waals surface area contributed by atoms with Crippen LogP contribution in [0, 0.1) is 34.5 Å². The average Bonchev–Trinajstić information content (AvgIpc) is 3.67. The summed E-state index contributed by atoms with van der Waals surface area (Å²) in [7, 11) is -3.42. The number of likely N-dealkylation sites (N-methyl/N-ethyl adjacent to an activating group) is 1. The molecule has 3 fully saturated rings. The lowest BCUT2D eigenvalue weighted by atomic mass is 9.46. The van der Waals surface area contributed by atoms with E-state index in [9.17, 15) is 39.2 Å². The fourth-order valence-corrected chi connectivity index (χ4v) is 12.7. The zero-order chi connectivity index (χ0) is 48.9. The number of hydrogen-bond acceptors (Lipinski definition) is 12. The molecule has 0 aromatic heterocycles. The van der Waals surface area contributed by atoms with Gasteiger partial charge in [-0.3, -0.25) is 14.2 Å². The molecule has 6 rings (SSSR count). The van der Waals surface area contributed by atoms with Crippen molar-refractivity contribution in [3.8, 4) is 5.75 Å². The lowest BCUT2D eigenvalue weighted by molar-refractivity contribution is -0.937. The molecule has 0 heterocycles. The van der Waals surface area contributed by atoms with Crippen LogP contribution in [0.2, 0.25) is 0 Å². The zero-order valence-electron chi connectivity index (χ0n) is 40.8. The number of carbonyl (C=O) groups excluding carboxylic acids is 3. The van der Waals surface area contributed by atoms with Crippen molar-refractivity contribution < 1.29 is 62.7 Å². The highest BCUT2D eigenvalue weighted by Gasteiger charge is 2.62. The van der Waals surface area contributed by atoms with Crippen molar-refractivity contribution in [1.29, 1.82) is 0 Å². The zero-order valence-corrected chi connectivity index (χ0v) is 41.8. The number of nitrogens with zero attached hydrogens (tertiary/aromatic N) is 2. The second-order valence-corrected chi connectivity index (χ2v) is 21.0. The maximum atomic E-state index is 13.8. The van der Waals surface area contributed by atoms with Crippen molar-refractivity contribution in [1.82, 2.24) is 4.90 Å². The molecule has 15 heteroatoms. The highest BCUT2D eigenvalue weighted by Crippen LogP contribution is 2.66. The van der Waals surface area contributed by atoms with E-state index >= 15 is 0 Å². The van der Waals surface area contributed by atoms with Crippen molar-refractivity contribution >= 4 is 26.0 Å². The predicted octanol–water partition coefficient (Wildman–Crippen LogP) is 8.26. The fourth-order valence-electron chi connectivity index (χ4n) is 12.5. The molecule has 0 bridgehead atoms. The first-order valence-electron chi connectivity index (χ1n) is 25.2. The van der Waals surface area contributed by atoms with Crippen LogP contribution >= 0.6 is 8.25 Å². The molecule has 4 aliphatic carbocycles. The molecule has 0 saturated heterocycles. The molecule has 2 aromatic rings. The summed E-state index contributed by atoms with van der Waals surface area (Å²) in [4.78, 5) is 56.2. The largest absolute Gasteiger partial charge is 0.508 e. The SMILES string of the molecule is CC[N+](CC)(CCOC(=O)OCC(=O)C1CCC2[C@@H]3CCC4=CC(=O)C=C[C@]4(C)C3[C@@H](O)C[C@]12C)Cc1cc(C(O)CN(CCCCCCO)CCCCc2ccccc2)ccc1OO[PH](=O)O. The molecule has 0 radical (unpaired) electrons. The van der Waals surface area contributed by atoms with Crippen molar-refractivity contribution in [2.45, 2.75) is 123 Å². The summed E-state index contributed by atoms with van der Waals surface area (Å²) in [5.41, 5.74) is 2.88. The topological polar surface area (TPSA) is 189 Å². The summed E-state index contributed by atoms with van der Waals surface area (Å²) in [6.07, 6.45) is 13.3. The summed E-state index contributed by atoms with van der Waals surface area (Å²) in [6, 6.07) is 15.6. The Morgan fingerprint density at radius 1 is 0.956 bits per heavy atom. The number of rotatable bonds is 27. The van der Waals surface area contributed by atoms with Gasteiger partial charge in [0.1, 0.15) is 19.7 Å². The first-order valence-corrected chi connectivity index (χ1v) is 26.5. The Hall–Kier alpha value is -3.72. The normalized spacial score (nSPS) is 26.3. The highest BCUT2D eigenvalue weighted by atomic mass is 31.1. The Kier molecular flexibility index (Phi) is 19.6. The number of unbranched alkanes of at least 4 members (excludes halogenated alkanes) is 4. The number of quaternary nitrogens is 1. The quantitative estimate of drug-likeness (QED) is 0.0167. The number of ketones is 2. The van der Waals surface area contributed by atoms with Crippen molar-refractivity contribution in [3.05, 3.63) is 89.0 Å². The molecule has 9 atom stereocenters. The minimum atomic E-state index is -3.42. The molecule has 68 heavy (non-hydrogen) atoms. The molecule has 376 valence electrons. The van der Waals surface area contributed by atoms with Crippen LogP contribution < -0.4 is 4.89 Å². The average molecular weight is 966 g/mol. The van der Waals surface area contributed by atoms with E-state index in [0.717, 1.165) is 82.9 Å². The Bertz CT molecular complexity index is 2080. The number of benzene rings is 2. The van der Waals surface area contributed by atoms with Crippen LogP contribution in [0.4, 0.5) is 4.79 Å². The summed E-state index contributed by atoms with van der Waals surface area (Å²) in [5.74, 6) is 0.133. The van der Waals surface area contributed by atoms with Gasteiger partial charge in [0.2, 0.25) is 0 Å². The van der Waals surface area contributed by atoms with Gasteiger partial charge in [-0.05, 0) is 144 Å². The van der Waals surface area contributed by atoms with E-state index in [1.807, 2.05) is 32.1 Å². The smallest absolute Gasteiger partial charge is 0.428 e. The van der Waals surface area contributed by atoms with Crippen molar-refractivity contribution in [2.75, 3.05) is 59.1 Å². The van der Waals surface area contributed by atoms with Gasteiger partial charge in [0.25, 0.3) is 0 Å². The minimum Gasteiger partial charge on any atom is -0.428 e. The van der Waals surface area contributed by atoms with Crippen LogP contribution in [0.3, 0.4) is 0 Å². The predicted molar refractivity (Wildman–Crippen MR) is 259 cm³/mol. The van der Waals surface area contributed by atoms with Crippen molar-refractivity contribution in [3.63, 3.8) is 0 Å². The molecule has 4 aliphatic rings. The Labute approximate surface area is 404 Å². The molecule has 4 N–H and O–H groups in total. The molecule has 5 unspecified atom stereocenters. The number of fused-ring (bicyclic) bond motifs is 5. The van der Waals surface area contributed by atoms with Gasteiger partial charge in [0, 0.05) is 30.4 Å². The number of ether oxygens (including phenoxy) is 2. The van der Waals surface area contributed by atoms with Crippen molar-refractivity contribution in [2.24, 2.45) is 34.5 Å². The number of aliphatic hydroxyl groups excluding tert-OH is 3. The van der Waals surface area contributed by atoms with E-state index in [1.165, 1.54) is 5.56 Å². The summed E-state index contributed by atoms with van der Waals surface area (Å²) in [6.45, 7) is 12.1. The van der Waals surface area contributed by atoms with Gasteiger partial charge in [-0.15, -0.1) is 4.67 Å². The lowest BCUT2D eigenvalue weighted by Gasteiger charge is -2.58. The molecular weight excluding hydrogens is 888 g/mol. The van der Waals surface area contributed by atoms with E-state index in [4.69, 9.17) is 19.0 Å². The highest BCUT2D eigenvalue weighted by molar-refractivity contribution is 7.31. The summed E-state index contributed by atoms with van der Waals surface area (Å²) in [5, 5.41) is 32.7. The number of carbonyl (C=O) groups is 3. The van der Waals surface area contributed by atoms with E-state index < -0.39 is 38.6 Å². The Morgan fingerprint density at radius 2 is 1.69 bits per heavy atom. The molecule has 0 spiro atoms. The van der Waals surface area contributed by atoms with Gasteiger partial charge in [0.05, 0.1) is 30.9 Å². The van der Waals surface area contributed by atoms with Crippen LogP contribution in [0.25, 0.3) is 0 Å². The van der Waals surface area contributed by atoms with Gasteiger partial charge >= 0.3 is 14.4 Å². The fraction of sp³-hybridized carbons (Fsp3) is 0.642.